The van der Waals surface area contributed by atoms with Crippen LogP contribution in [0.4, 0.5) is 13.9 Å². The smallest absolute Gasteiger partial charge is 0.304 e. The summed E-state index contributed by atoms with van der Waals surface area (Å²) in [5.41, 5.74) is 0.243. The Morgan fingerprint density at radius 1 is 1.04 bits per heavy atom. The van der Waals surface area contributed by atoms with Crippen LogP contribution in [-0.4, -0.2) is 124 Å². The van der Waals surface area contributed by atoms with Crippen LogP contribution in [0.1, 0.15) is 30.4 Å². The number of carbonyl (C=O) groups excluding carboxylic acids is 1. The first-order valence-corrected chi connectivity index (χ1v) is 19.3. The Morgan fingerprint density at radius 3 is 2.29 bits per heavy atom. The van der Waals surface area contributed by atoms with E-state index in [1.807, 2.05) is 14.1 Å². The molecule has 1 aromatic heterocycles. The SMILES string of the molecule is CN(C(=O)C1(CC(=O)O)Cc2cc(F)c(F)cc2C1)c1nc(-c2ccc(OCCN3CCOCC3)c(S(=O)(=O)N3CCC(N(C)C)CC3)c2)cs1. The number of fused-ring (bicyclic) bond motifs is 1. The highest BCUT2D eigenvalue weighted by molar-refractivity contribution is 7.89. The Morgan fingerprint density at radius 2 is 1.69 bits per heavy atom. The van der Waals surface area contributed by atoms with Crippen molar-refractivity contribution in [3.8, 4) is 17.0 Å². The fourth-order valence-corrected chi connectivity index (χ4v) is 9.65. The third-order valence-electron chi connectivity index (χ3n) is 10.1. The fraction of sp³-hybridized carbons (Fsp3) is 0.514. The fourth-order valence-electron chi connectivity index (χ4n) is 7.22. The van der Waals surface area contributed by atoms with Crippen LogP contribution in [0, 0.1) is 17.0 Å². The summed E-state index contributed by atoms with van der Waals surface area (Å²) in [7, 11) is 1.51. The Kier molecular flexibility index (Phi) is 11.1. The number of carboxylic acids is 1. The molecule has 3 aliphatic rings. The number of piperidine rings is 1. The monoisotopic (exact) mass is 747 g/mol. The van der Waals surface area contributed by atoms with Gasteiger partial charge in [-0.25, -0.2) is 22.2 Å². The average Bonchev–Trinajstić information content (AvgIpc) is 3.74. The summed E-state index contributed by atoms with van der Waals surface area (Å²) in [5.74, 6) is -3.63. The zero-order chi connectivity index (χ0) is 36.5. The number of nitrogens with zero attached hydrogens (tertiary/aromatic N) is 5. The maximum absolute atomic E-state index is 14.2. The predicted octanol–water partition coefficient (Wildman–Crippen LogP) is 3.74. The van der Waals surface area contributed by atoms with E-state index in [1.165, 1.54) is 16.3 Å². The van der Waals surface area contributed by atoms with Crippen LogP contribution in [0.5, 0.6) is 5.75 Å². The number of anilines is 1. The topological polar surface area (TPSA) is 133 Å². The lowest BCUT2D eigenvalue weighted by Gasteiger charge is -2.34. The molecule has 16 heteroatoms. The number of hydrogen-bond donors (Lipinski definition) is 1. The third kappa shape index (κ3) is 7.95. The highest BCUT2D eigenvalue weighted by Crippen LogP contribution is 2.43. The second kappa shape index (κ2) is 15.2. The summed E-state index contributed by atoms with van der Waals surface area (Å²) in [6.07, 6.45) is 0.743. The maximum Gasteiger partial charge on any atom is 0.304 e. The summed E-state index contributed by atoms with van der Waals surface area (Å²) in [6.45, 7) is 4.49. The maximum atomic E-state index is 14.2. The number of ether oxygens (including phenoxy) is 2. The van der Waals surface area contributed by atoms with Crippen LogP contribution < -0.4 is 9.64 Å². The number of hydrogen-bond acceptors (Lipinski definition) is 10. The normalized spacial score (nSPS) is 18.5. The molecule has 2 fully saturated rings. The summed E-state index contributed by atoms with van der Waals surface area (Å²) < 4.78 is 69.5. The van der Waals surface area contributed by atoms with Gasteiger partial charge in [0.2, 0.25) is 15.9 Å². The quantitative estimate of drug-likeness (QED) is 0.293. The van der Waals surface area contributed by atoms with Crippen molar-refractivity contribution in [3.05, 3.63) is 58.5 Å². The molecule has 12 nitrogen and oxygen atoms in total. The molecule has 3 aromatic rings. The van der Waals surface area contributed by atoms with Crippen molar-refractivity contribution in [2.24, 2.45) is 5.41 Å². The molecular weight excluding hydrogens is 705 g/mol. The summed E-state index contributed by atoms with van der Waals surface area (Å²) in [5, 5.41) is 11.7. The minimum absolute atomic E-state index is 0.0351. The van der Waals surface area contributed by atoms with Gasteiger partial charge in [0.05, 0.1) is 30.7 Å². The van der Waals surface area contributed by atoms with E-state index in [0.29, 0.717) is 74.7 Å². The highest BCUT2D eigenvalue weighted by Gasteiger charge is 2.48. The molecule has 2 aliphatic heterocycles. The molecule has 0 unspecified atom stereocenters. The number of sulfonamides is 1. The van der Waals surface area contributed by atoms with Crippen molar-refractivity contribution in [3.63, 3.8) is 0 Å². The second-order valence-electron chi connectivity index (χ2n) is 13.7. The van der Waals surface area contributed by atoms with Crippen LogP contribution in [-0.2, 0) is 37.2 Å². The van der Waals surface area contributed by atoms with E-state index >= 15 is 0 Å². The van der Waals surface area contributed by atoms with E-state index in [0.717, 1.165) is 36.6 Å². The van der Waals surface area contributed by atoms with Gasteiger partial charge in [0.25, 0.3) is 0 Å². The first-order valence-electron chi connectivity index (χ1n) is 16.9. The zero-order valence-electron chi connectivity index (χ0n) is 28.9. The van der Waals surface area contributed by atoms with Crippen molar-refractivity contribution >= 4 is 38.4 Å². The van der Waals surface area contributed by atoms with Gasteiger partial charge in [-0.3, -0.25) is 19.4 Å². The number of amides is 1. The molecule has 0 saturated carbocycles. The van der Waals surface area contributed by atoms with Crippen LogP contribution in [0.3, 0.4) is 0 Å². The van der Waals surface area contributed by atoms with Gasteiger partial charge in [0.15, 0.2) is 16.8 Å². The first-order chi connectivity index (χ1) is 24.3. The molecule has 0 atom stereocenters. The van der Waals surface area contributed by atoms with E-state index in [1.54, 1.807) is 23.6 Å². The van der Waals surface area contributed by atoms with Crippen LogP contribution >= 0.6 is 11.3 Å². The van der Waals surface area contributed by atoms with Crippen molar-refractivity contribution < 1.29 is 41.4 Å². The lowest BCUT2D eigenvalue weighted by atomic mass is 9.80. The van der Waals surface area contributed by atoms with Gasteiger partial charge in [0.1, 0.15) is 17.3 Å². The lowest BCUT2D eigenvalue weighted by molar-refractivity contribution is -0.144. The Hall–Kier alpha value is -3.54. The number of aromatic nitrogens is 1. The Labute approximate surface area is 300 Å². The number of halogens is 2. The third-order valence-corrected chi connectivity index (χ3v) is 12.9. The zero-order valence-corrected chi connectivity index (χ0v) is 30.6. The number of carboxylic acid groups (broad SMARTS) is 1. The standard InChI is InChI=1S/C35H43F2N5O7S2/c1-39(2)26-6-8-42(9-7-26)51(46,47)31-18-23(4-5-30(31)49-15-12-41-10-13-48-14-11-41)29-22-50-34(38-29)40(3)33(45)35(21-32(43)44)19-24-16-27(36)28(37)17-25(24)20-35/h4-5,16-18,22,26H,6-15,19-21H2,1-3H3,(H,43,44). The number of thiazole rings is 1. The number of carbonyl (C=O) groups is 2. The molecule has 51 heavy (non-hydrogen) atoms. The summed E-state index contributed by atoms with van der Waals surface area (Å²) in [6, 6.07) is 7.25. The Balaban J connectivity index is 1.26. The number of rotatable bonds is 12. The van der Waals surface area contributed by atoms with Gasteiger partial charge >= 0.3 is 5.97 Å². The molecule has 1 aliphatic carbocycles. The van der Waals surface area contributed by atoms with Crippen molar-refractivity contribution in [1.82, 2.24) is 19.1 Å². The minimum Gasteiger partial charge on any atom is -0.491 e. The van der Waals surface area contributed by atoms with Gasteiger partial charge in [-0.1, -0.05) is 0 Å². The Bertz CT molecular complexity index is 1840. The van der Waals surface area contributed by atoms with Crippen molar-refractivity contribution in [1.29, 1.82) is 0 Å². The van der Waals surface area contributed by atoms with Gasteiger partial charge in [0, 0.05) is 56.8 Å². The summed E-state index contributed by atoms with van der Waals surface area (Å²) in [4.78, 5) is 36.2. The van der Waals surface area contributed by atoms with Gasteiger partial charge in [-0.15, -0.1) is 11.3 Å². The molecule has 1 amide bonds. The van der Waals surface area contributed by atoms with E-state index in [-0.39, 0.29) is 34.7 Å². The molecule has 6 rings (SSSR count). The number of aliphatic carboxylic acids is 1. The van der Waals surface area contributed by atoms with Crippen LogP contribution in [0.15, 0.2) is 40.6 Å². The van der Waals surface area contributed by atoms with Crippen molar-refractivity contribution in [2.45, 2.75) is 43.0 Å². The number of morpholine rings is 1. The molecule has 276 valence electrons. The van der Waals surface area contributed by atoms with E-state index in [9.17, 15) is 31.9 Å². The number of benzene rings is 2. The predicted molar refractivity (Wildman–Crippen MR) is 188 cm³/mol. The van der Waals surface area contributed by atoms with Gasteiger partial charge < -0.3 is 19.5 Å². The lowest BCUT2D eigenvalue weighted by Crippen LogP contribution is -2.44. The van der Waals surface area contributed by atoms with E-state index in [4.69, 9.17) is 9.47 Å². The molecule has 3 heterocycles. The molecule has 1 N–H and O–H groups in total. The highest BCUT2D eigenvalue weighted by atomic mass is 32.2. The molecule has 0 spiro atoms. The van der Waals surface area contributed by atoms with Gasteiger partial charge in [-0.05, 0) is 81.2 Å². The largest absolute Gasteiger partial charge is 0.491 e. The molecule has 0 radical (unpaired) electrons. The van der Waals surface area contributed by atoms with Crippen LogP contribution in [0.25, 0.3) is 11.3 Å². The van der Waals surface area contributed by atoms with Crippen LogP contribution in [0.2, 0.25) is 0 Å². The molecule has 2 aromatic carbocycles. The van der Waals surface area contributed by atoms with Gasteiger partial charge in [-0.2, -0.15) is 4.31 Å². The second-order valence-corrected chi connectivity index (χ2v) is 16.4. The first kappa shape index (κ1) is 37.2. The van der Waals surface area contributed by atoms with E-state index in [2.05, 4.69) is 14.8 Å². The average molecular weight is 748 g/mol. The van der Waals surface area contributed by atoms with Crippen molar-refractivity contribution in [2.75, 3.05) is 78.6 Å². The molecule has 2 saturated heterocycles. The van der Waals surface area contributed by atoms with E-state index < -0.39 is 45.4 Å². The molecule has 0 bridgehead atoms. The molecular formula is C35H43F2N5O7S2. The summed E-state index contributed by atoms with van der Waals surface area (Å²) >= 11 is 1.14. The minimum atomic E-state index is -3.96.